The summed E-state index contributed by atoms with van der Waals surface area (Å²) in [7, 11) is 2.06. The smallest absolute Gasteiger partial charge is 0.364 e. The third-order valence-corrected chi connectivity index (χ3v) is 5.32. The van der Waals surface area contributed by atoms with Crippen LogP contribution in [0.15, 0.2) is 36.7 Å². The molecule has 0 spiro atoms. The number of piperidine rings is 1. The van der Waals surface area contributed by atoms with Crippen LogP contribution in [0.5, 0.6) is 0 Å². The molecule has 1 aliphatic rings. The van der Waals surface area contributed by atoms with Gasteiger partial charge < -0.3 is 10.2 Å². The van der Waals surface area contributed by atoms with E-state index in [2.05, 4.69) is 32.4 Å². The summed E-state index contributed by atoms with van der Waals surface area (Å²) in [6, 6.07) is 5.52. The minimum Gasteiger partial charge on any atom is -0.364 e. The van der Waals surface area contributed by atoms with E-state index < -0.39 is 11.7 Å². The number of alkyl halides is 3. The van der Waals surface area contributed by atoms with E-state index in [1.54, 1.807) is 12.3 Å². The molecule has 2 aromatic heterocycles. The molecule has 0 amide bonds. The van der Waals surface area contributed by atoms with E-state index in [4.69, 9.17) is 11.6 Å². The molecule has 1 aromatic carbocycles. The van der Waals surface area contributed by atoms with E-state index in [1.165, 1.54) is 18.3 Å². The maximum absolute atomic E-state index is 13.6. The average molecular weight is 422 g/mol. The third kappa shape index (κ3) is 4.13. The van der Waals surface area contributed by atoms with Crippen molar-refractivity contribution in [2.75, 3.05) is 25.5 Å². The van der Waals surface area contributed by atoms with Crippen LogP contribution in [0, 0.1) is 0 Å². The first kappa shape index (κ1) is 19.8. The van der Waals surface area contributed by atoms with Crippen molar-refractivity contribution in [2.45, 2.75) is 25.1 Å². The SMILES string of the molecule is CN1CCC[C@@H](Nc2nnc(-c3ccc(Cl)cc3C(F)(F)F)c3ccncc23)C1. The first-order valence-electron chi connectivity index (χ1n) is 9.25. The number of likely N-dealkylation sites (N-methyl/N-ethyl adjacent to an activating group) is 1. The van der Waals surface area contributed by atoms with Crippen molar-refractivity contribution in [3.05, 3.63) is 47.2 Å². The number of likely N-dealkylation sites (tertiary alicyclic amines) is 1. The molecule has 1 atom stereocenters. The first-order valence-corrected chi connectivity index (χ1v) is 9.63. The van der Waals surface area contributed by atoms with Crippen LogP contribution < -0.4 is 5.32 Å². The van der Waals surface area contributed by atoms with Gasteiger partial charge in [-0.3, -0.25) is 4.98 Å². The molecule has 0 unspecified atom stereocenters. The summed E-state index contributed by atoms with van der Waals surface area (Å²) in [5.74, 6) is 0.527. The zero-order valence-electron chi connectivity index (χ0n) is 15.7. The van der Waals surface area contributed by atoms with Gasteiger partial charge in [-0.05, 0) is 44.6 Å². The van der Waals surface area contributed by atoms with Gasteiger partial charge in [-0.1, -0.05) is 17.7 Å². The molecule has 0 aliphatic carbocycles. The normalized spacial score (nSPS) is 18.2. The number of fused-ring (bicyclic) bond motifs is 1. The van der Waals surface area contributed by atoms with Gasteiger partial charge in [0, 0.05) is 46.3 Å². The highest BCUT2D eigenvalue weighted by Crippen LogP contribution is 2.40. The monoisotopic (exact) mass is 421 g/mol. The Morgan fingerprint density at radius 3 is 2.76 bits per heavy atom. The Kier molecular flexibility index (Phi) is 5.31. The number of benzene rings is 1. The minimum absolute atomic E-state index is 0.0136. The fourth-order valence-corrected chi connectivity index (χ4v) is 3.91. The zero-order valence-corrected chi connectivity index (χ0v) is 16.4. The Bertz CT molecular complexity index is 1040. The predicted molar refractivity (Wildman–Crippen MR) is 107 cm³/mol. The van der Waals surface area contributed by atoms with Crippen molar-refractivity contribution in [3.8, 4) is 11.3 Å². The lowest BCUT2D eigenvalue weighted by atomic mass is 10.00. The maximum atomic E-state index is 13.6. The number of hydrogen-bond donors (Lipinski definition) is 1. The molecule has 1 N–H and O–H groups in total. The number of halogens is 4. The summed E-state index contributed by atoms with van der Waals surface area (Å²) in [6.07, 6.45) is 0.631. The number of nitrogens with zero attached hydrogens (tertiary/aromatic N) is 4. The molecule has 4 rings (SSSR count). The Labute approximate surface area is 170 Å². The van der Waals surface area contributed by atoms with Gasteiger partial charge >= 0.3 is 6.18 Å². The Morgan fingerprint density at radius 1 is 1.17 bits per heavy atom. The lowest BCUT2D eigenvalue weighted by molar-refractivity contribution is -0.137. The fourth-order valence-electron chi connectivity index (χ4n) is 3.74. The van der Waals surface area contributed by atoms with E-state index in [0.29, 0.717) is 16.6 Å². The van der Waals surface area contributed by atoms with E-state index in [9.17, 15) is 13.2 Å². The van der Waals surface area contributed by atoms with Crippen molar-refractivity contribution < 1.29 is 13.2 Å². The quantitative estimate of drug-likeness (QED) is 0.653. The van der Waals surface area contributed by atoms with Crippen molar-refractivity contribution in [3.63, 3.8) is 0 Å². The van der Waals surface area contributed by atoms with E-state index in [1.807, 2.05) is 0 Å². The lowest BCUT2D eigenvalue weighted by Gasteiger charge is -2.30. The Morgan fingerprint density at radius 2 is 2.00 bits per heavy atom. The molecule has 0 saturated carbocycles. The molecular weight excluding hydrogens is 403 g/mol. The van der Waals surface area contributed by atoms with Crippen molar-refractivity contribution in [2.24, 2.45) is 0 Å². The number of nitrogens with one attached hydrogen (secondary N) is 1. The highest BCUT2D eigenvalue weighted by Gasteiger charge is 2.35. The molecule has 3 aromatic rings. The second kappa shape index (κ2) is 7.76. The van der Waals surface area contributed by atoms with Gasteiger partial charge in [0.1, 0.15) is 5.69 Å². The topological polar surface area (TPSA) is 53.9 Å². The third-order valence-electron chi connectivity index (χ3n) is 5.09. The Balaban J connectivity index is 1.81. The molecule has 5 nitrogen and oxygen atoms in total. The highest BCUT2D eigenvalue weighted by atomic mass is 35.5. The average Bonchev–Trinajstić information content (AvgIpc) is 2.68. The number of pyridine rings is 1. The predicted octanol–water partition coefficient (Wildman–Crippen LogP) is 4.87. The minimum atomic E-state index is -4.56. The standard InChI is InChI=1S/C20H19ClF3N5/c1-29-8-2-3-13(11-29)26-19-16-10-25-7-6-14(16)18(27-28-19)15-5-4-12(21)9-17(15)20(22,23)24/h4-7,9-10,13H,2-3,8,11H2,1H3,(H,26,28)/t13-/m1/s1. The van der Waals surface area contributed by atoms with E-state index >= 15 is 0 Å². The summed E-state index contributed by atoms with van der Waals surface area (Å²) in [5.41, 5.74) is -0.751. The van der Waals surface area contributed by atoms with Crippen LogP contribution >= 0.6 is 11.6 Å². The van der Waals surface area contributed by atoms with Crippen LogP contribution in [0.1, 0.15) is 18.4 Å². The number of rotatable bonds is 3. The molecule has 29 heavy (non-hydrogen) atoms. The molecule has 3 heterocycles. The summed E-state index contributed by atoms with van der Waals surface area (Å²) in [5, 5.41) is 13.0. The van der Waals surface area contributed by atoms with Crippen LogP contribution in [0.4, 0.5) is 19.0 Å². The number of aromatic nitrogens is 3. The molecule has 9 heteroatoms. The molecule has 0 bridgehead atoms. The molecule has 0 radical (unpaired) electrons. The molecular formula is C20H19ClF3N5. The second-order valence-corrected chi connectivity index (χ2v) is 7.69. The number of anilines is 1. The van der Waals surface area contributed by atoms with Gasteiger partial charge in [0.2, 0.25) is 0 Å². The van der Waals surface area contributed by atoms with Gasteiger partial charge in [0.05, 0.1) is 5.56 Å². The zero-order chi connectivity index (χ0) is 20.6. The second-order valence-electron chi connectivity index (χ2n) is 7.25. The Hall–Kier alpha value is -2.45. The number of hydrogen-bond acceptors (Lipinski definition) is 5. The molecule has 1 saturated heterocycles. The summed E-state index contributed by atoms with van der Waals surface area (Å²) in [6.45, 7) is 1.91. The van der Waals surface area contributed by atoms with E-state index in [-0.39, 0.29) is 22.3 Å². The van der Waals surface area contributed by atoms with Crippen LogP contribution in [-0.4, -0.2) is 46.3 Å². The van der Waals surface area contributed by atoms with Gasteiger partial charge in [0.25, 0.3) is 0 Å². The summed E-state index contributed by atoms with van der Waals surface area (Å²) < 4.78 is 40.8. The van der Waals surface area contributed by atoms with Crippen LogP contribution in [0.2, 0.25) is 5.02 Å². The van der Waals surface area contributed by atoms with Crippen molar-refractivity contribution >= 4 is 28.2 Å². The summed E-state index contributed by atoms with van der Waals surface area (Å²) in [4.78, 5) is 6.37. The van der Waals surface area contributed by atoms with E-state index in [0.717, 1.165) is 32.0 Å². The fraction of sp³-hybridized carbons (Fsp3) is 0.350. The highest BCUT2D eigenvalue weighted by molar-refractivity contribution is 6.30. The molecule has 1 fully saturated rings. The summed E-state index contributed by atoms with van der Waals surface area (Å²) >= 11 is 5.81. The molecule has 1 aliphatic heterocycles. The largest absolute Gasteiger partial charge is 0.417 e. The maximum Gasteiger partial charge on any atom is 0.417 e. The van der Waals surface area contributed by atoms with Gasteiger partial charge in [0.15, 0.2) is 5.82 Å². The molecule has 152 valence electrons. The first-order chi connectivity index (χ1) is 13.8. The van der Waals surface area contributed by atoms with Crippen molar-refractivity contribution in [1.82, 2.24) is 20.1 Å². The lowest BCUT2D eigenvalue weighted by Crippen LogP contribution is -2.40. The van der Waals surface area contributed by atoms with Gasteiger partial charge in [-0.25, -0.2) is 0 Å². The van der Waals surface area contributed by atoms with Gasteiger partial charge in [-0.15, -0.1) is 10.2 Å². The van der Waals surface area contributed by atoms with Crippen LogP contribution in [0.3, 0.4) is 0 Å². The van der Waals surface area contributed by atoms with Gasteiger partial charge in [-0.2, -0.15) is 13.2 Å². The van der Waals surface area contributed by atoms with Crippen LogP contribution in [0.25, 0.3) is 22.0 Å². The van der Waals surface area contributed by atoms with Crippen LogP contribution in [-0.2, 0) is 6.18 Å². The van der Waals surface area contributed by atoms with Crippen molar-refractivity contribution in [1.29, 1.82) is 0 Å².